The van der Waals surface area contributed by atoms with Crippen LogP contribution in [0.15, 0.2) is 67.8 Å². The van der Waals surface area contributed by atoms with E-state index in [4.69, 9.17) is 16.3 Å². The van der Waals surface area contributed by atoms with E-state index in [1.54, 1.807) is 30.3 Å². The smallest absolute Gasteiger partial charge is 0.416 e. The van der Waals surface area contributed by atoms with Crippen LogP contribution in [0.3, 0.4) is 0 Å². The molecule has 0 spiro atoms. The van der Waals surface area contributed by atoms with Crippen LogP contribution in [0.1, 0.15) is 30.4 Å². The zero-order valence-corrected chi connectivity index (χ0v) is 17.3. The number of nitrogens with zero attached hydrogens (tertiary/aromatic N) is 3. The minimum absolute atomic E-state index is 0.00686. The van der Waals surface area contributed by atoms with E-state index >= 15 is 0 Å². The molecule has 164 valence electrons. The van der Waals surface area contributed by atoms with Crippen LogP contribution >= 0.6 is 11.6 Å². The van der Waals surface area contributed by atoms with Crippen LogP contribution in [0.5, 0.6) is 11.5 Å². The van der Waals surface area contributed by atoms with E-state index < -0.39 is 17.3 Å². The van der Waals surface area contributed by atoms with Crippen molar-refractivity contribution in [3.05, 3.63) is 83.9 Å². The zero-order chi connectivity index (χ0) is 22.5. The summed E-state index contributed by atoms with van der Waals surface area (Å²) in [5.74, 6) is 0.335. The lowest BCUT2D eigenvalue weighted by Crippen LogP contribution is -2.34. The highest BCUT2D eigenvalue weighted by atomic mass is 35.5. The maximum absolute atomic E-state index is 14.0. The predicted octanol–water partition coefficient (Wildman–Crippen LogP) is 5.99. The first-order valence-electron chi connectivity index (χ1n) is 9.52. The second-order valence-electron chi connectivity index (χ2n) is 7.07. The molecule has 31 heavy (non-hydrogen) atoms. The molecule has 0 saturated carbocycles. The van der Waals surface area contributed by atoms with Gasteiger partial charge in [0.15, 0.2) is 0 Å². The van der Waals surface area contributed by atoms with E-state index in [0.717, 1.165) is 6.07 Å². The quantitative estimate of drug-likeness (QED) is 0.321. The van der Waals surface area contributed by atoms with Crippen molar-refractivity contribution in [1.82, 2.24) is 14.8 Å². The van der Waals surface area contributed by atoms with Crippen LogP contribution in [0.2, 0.25) is 5.02 Å². The number of aromatic nitrogens is 3. The van der Waals surface area contributed by atoms with Crippen molar-refractivity contribution in [3.63, 3.8) is 0 Å². The molecule has 1 N–H and O–H groups in total. The molecule has 0 fully saturated rings. The Morgan fingerprint density at radius 1 is 1.10 bits per heavy atom. The predicted molar refractivity (Wildman–Crippen MR) is 111 cm³/mol. The third-order valence-electron chi connectivity index (χ3n) is 4.74. The van der Waals surface area contributed by atoms with E-state index in [1.165, 1.54) is 29.5 Å². The minimum Gasteiger partial charge on any atom is -0.457 e. The second kappa shape index (κ2) is 9.53. The van der Waals surface area contributed by atoms with Gasteiger partial charge in [-0.3, -0.25) is 0 Å². The first-order valence-corrected chi connectivity index (χ1v) is 9.90. The Kier molecular flexibility index (Phi) is 7.02. The Morgan fingerprint density at radius 2 is 1.81 bits per heavy atom. The first-order chi connectivity index (χ1) is 14.7. The highest BCUT2D eigenvalue weighted by Gasteiger charge is 2.41. The number of ether oxygens (including phenoxy) is 1. The van der Waals surface area contributed by atoms with Gasteiger partial charge in [-0.25, -0.2) is 9.67 Å². The summed E-state index contributed by atoms with van der Waals surface area (Å²) in [7, 11) is 0. The third kappa shape index (κ3) is 5.86. The monoisotopic (exact) mass is 451 g/mol. The molecule has 0 aliphatic rings. The topological polar surface area (TPSA) is 60.2 Å². The van der Waals surface area contributed by atoms with Gasteiger partial charge in [0.05, 0.1) is 12.1 Å². The summed E-state index contributed by atoms with van der Waals surface area (Å²) < 4.78 is 48.8. The molecule has 1 unspecified atom stereocenters. The Balaban J connectivity index is 2.00. The third-order valence-corrected chi connectivity index (χ3v) is 4.99. The van der Waals surface area contributed by atoms with Gasteiger partial charge in [-0.15, -0.1) is 6.58 Å². The Morgan fingerprint density at radius 3 is 2.42 bits per heavy atom. The fourth-order valence-electron chi connectivity index (χ4n) is 3.29. The zero-order valence-electron chi connectivity index (χ0n) is 16.5. The molecule has 0 bridgehead atoms. The molecular weight excluding hydrogens is 431 g/mol. The highest BCUT2D eigenvalue weighted by Crippen LogP contribution is 2.42. The van der Waals surface area contributed by atoms with Crippen molar-refractivity contribution in [2.45, 2.75) is 37.6 Å². The largest absolute Gasteiger partial charge is 0.457 e. The average molecular weight is 452 g/mol. The van der Waals surface area contributed by atoms with Gasteiger partial charge in [0.2, 0.25) is 0 Å². The molecule has 3 rings (SSSR count). The standard InChI is InChI=1S/C22H21ClF3N3O2/c1-2-3-4-11-21(30,13-29-15-27-14-28-29)19-10-9-18(12-20(19)22(24,25)26)31-17-7-5-16(23)6-8-17/h2,5-10,12,14-15,30H,1,3-4,11,13H2. The number of unbranched alkanes of at least 4 members (excludes halogenated alkanes) is 1. The number of hydrogen-bond donors (Lipinski definition) is 1. The molecule has 0 amide bonds. The molecule has 3 aromatic rings. The van der Waals surface area contributed by atoms with Crippen LogP contribution in [0.4, 0.5) is 13.2 Å². The van der Waals surface area contributed by atoms with Crippen LogP contribution < -0.4 is 4.74 Å². The van der Waals surface area contributed by atoms with Crippen molar-refractivity contribution < 1.29 is 23.0 Å². The maximum Gasteiger partial charge on any atom is 0.416 e. The molecule has 0 saturated heterocycles. The number of allylic oxidation sites excluding steroid dienone is 1. The molecule has 1 aromatic heterocycles. The van der Waals surface area contributed by atoms with Gasteiger partial charge in [0.25, 0.3) is 0 Å². The summed E-state index contributed by atoms with van der Waals surface area (Å²) >= 11 is 5.83. The van der Waals surface area contributed by atoms with Crippen LogP contribution in [-0.2, 0) is 18.3 Å². The van der Waals surface area contributed by atoms with Gasteiger partial charge in [0.1, 0.15) is 29.8 Å². The lowest BCUT2D eigenvalue weighted by Gasteiger charge is -2.31. The van der Waals surface area contributed by atoms with E-state index in [2.05, 4.69) is 16.7 Å². The van der Waals surface area contributed by atoms with E-state index in [1.807, 2.05) is 0 Å². The van der Waals surface area contributed by atoms with Gasteiger partial charge in [-0.1, -0.05) is 23.7 Å². The summed E-state index contributed by atoms with van der Waals surface area (Å²) in [5.41, 5.74) is -3.04. The molecule has 1 atom stereocenters. The lowest BCUT2D eigenvalue weighted by atomic mass is 9.85. The van der Waals surface area contributed by atoms with Gasteiger partial charge in [-0.05, 0) is 61.2 Å². The molecule has 0 aliphatic heterocycles. The number of alkyl halides is 3. The highest BCUT2D eigenvalue weighted by molar-refractivity contribution is 6.30. The van der Waals surface area contributed by atoms with E-state index in [9.17, 15) is 18.3 Å². The van der Waals surface area contributed by atoms with Gasteiger partial charge >= 0.3 is 6.18 Å². The van der Waals surface area contributed by atoms with E-state index in [-0.39, 0.29) is 24.3 Å². The van der Waals surface area contributed by atoms with Crippen molar-refractivity contribution >= 4 is 11.6 Å². The molecule has 1 heterocycles. The second-order valence-corrected chi connectivity index (χ2v) is 7.50. The number of hydrogen-bond acceptors (Lipinski definition) is 4. The molecule has 0 radical (unpaired) electrons. The van der Waals surface area contributed by atoms with Crippen molar-refractivity contribution in [2.24, 2.45) is 0 Å². The maximum atomic E-state index is 14.0. The van der Waals surface area contributed by atoms with Gasteiger partial charge < -0.3 is 9.84 Å². The Labute approximate surface area is 182 Å². The fraction of sp³-hybridized carbons (Fsp3) is 0.273. The first kappa shape index (κ1) is 22.8. The SMILES string of the molecule is C=CCCCC(O)(Cn1cncn1)c1ccc(Oc2ccc(Cl)cc2)cc1C(F)(F)F. The van der Waals surface area contributed by atoms with Gasteiger partial charge in [-0.2, -0.15) is 18.3 Å². The molecule has 2 aromatic carbocycles. The molecule has 0 aliphatic carbocycles. The van der Waals surface area contributed by atoms with Crippen molar-refractivity contribution in [1.29, 1.82) is 0 Å². The summed E-state index contributed by atoms with van der Waals surface area (Å²) in [6.07, 6.45) is 0.655. The Hall–Kier alpha value is -2.84. The number of benzene rings is 2. The number of rotatable bonds is 9. The fourth-order valence-corrected chi connectivity index (χ4v) is 3.41. The number of aliphatic hydroxyl groups is 1. The number of halogens is 4. The summed E-state index contributed by atoms with van der Waals surface area (Å²) in [5, 5.41) is 15.8. The summed E-state index contributed by atoms with van der Waals surface area (Å²) in [6.45, 7) is 3.45. The van der Waals surface area contributed by atoms with Crippen LogP contribution in [0.25, 0.3) is 0 Å². The van der Waals surface area contributed by atoms with Crippen molar-refractivity contribution in [2.75, 3.05) is 0 Å². The van der Waals surface area contributed by atoms with Crippen LogP contribution in [0, 0.1) is 0 Å². The van der Waals surface area contributed by atoms with Crippen LogP contribution in [-0.4, -0.2) is 19.9 Å². The summed E-state index contributed by atoms with van der Waals surface area (Å²) in [6, 6.07) is 9.81. The average Bonchev–Trinajstić information content (AvgIpc) is 3.22. The summed E-state index contributed by atoms with van der Waals surface area (Å²) in [4.78, 5) is 3.81. The molecule has 5 nitrogen and oxygen atoms in total. The lowest BCUT2D eigenvalue weighted by molar-refractivity contribution is -0.141. The van der Waals surface area contributed by atoms with Crippen molar-refractivity contribution in [3.8, 4) is 11.5 Å². The molecular formula is C22H21ClF3N3O2. The normalized spacial score (nSPS) is 13.6. The Bertz CT molecular complexity index is 1010. The van der Waals surface area contributed by atoms with Gasteiger partial charge in [0, 0.05) is 5.02 Å². The minimum atomic E-state index is -4.70. The molecule has 9 heteroatoms. The van der Waals surface area contributed by atoms with E-state index in [0.29, 0.717) is 23.6 Å².